The Labute approximate surface area is 168 Å². The molecule has 1 amide bonds. The number of fused-ring (bicyclic) bond motifs is 1. The lowest BCUT2D eigenvalue weighted by Gasteiger charge is -2.32. The third-order valence-electron chi connectivity index (χ3n) is 4.57. The fourth-order valence-electron chi connectivity index (χ4n) is 3.20. The SMILES string of the molecule is CC(C)(C)OC(=O)N1CCc2c(F)c(C(F)F)cc(OCc3ccccc3)c2C1. The van der Waals surface area contributed by atoms with Crippen LogP contribution in [0.15, 0.2) is 36.4 Å². The highest BCUT2D eigenvalue weighted by Gasteiger charge is 2.31. The van der Waals surface area contributed by atoms with Gasteiger partial charge in [-0.3, -0.25) is 0 Å². The molecule has 0 radical (unpaired) electrons. The Hall–Kier alpha value is -2.70. The van der Waals surface area contributed by atoms with Gasteiger partial charge in [0.05, 0.1) is 12.1 Å². The predicted molar refractivity (Wildman–Crippen MR) is 102 cm³/mol. The van der Waals surface area contributed by atoms with Crippen molar-refractivity contribution in [3.63, 3.8) is 0 Å². The van der Waals surface area contributed by atoms with Crippen LogP contribution in [0.2, 0.25) is 0 Å². The first-order chi connectivity index (χ1) is 13.7. The number of halogens is 3. The lowest BCUT2D eigenvalue weighted by atomic mass is 9.95. The molecular formula is C22H24F3NO3. The molecule has 29 heavy (non-hydrogen) atoms. The van der Waals surface area contributed by atoms with Crippen molar-refractivity contribution in [1.29, 1.82) is 0 Å². The summed E-state index contributed by atoms with van der Waals surface area (Å²) < 4.78 is 52.6. The molecule has 1 aliphatic heterocycles. The molecule has 0 saturated heterocycles. The summed E-state index contributed by atoms with van der Waals surface area (Å²) in [5.74, 6) is -0.764. The molecule has 1 heterocycles. The molecule has 0 N–H and O–H groups in total. The van der Waals surface area contributed by atoms with Crippen LogP contribution in [0.25, 0.3) is 0 Å². The number of alkyl halides is 2. The van der Waals surface area contributed by atoms with Gasteiger partial charge in [0.2, 0.25) is 0 Å². The molecule has 0 bridgehead atoms. The summed E-state index contributed by atoms with van der Waals surface area (Å²) in [4.78, 5) is 13.9. The van der Waals surface area contributed by atoms with E-state index in [0.717, 1.165) is 11.6 Å². The van der Waals surface area contributed by atoms with E-state index in [2.05, 4.69) is 0 Å². The molecule has 0 atom stereocenters. The summed E-state index contributed by atoms with van der Waals surface area (Å²) in [5.41, 5.74) is 0.0709. The molecular weight excluding hydrogens is 383 g/mol. The maximum atomic E-state index is 14.7. The average Bonchev–Trinajstić information content (AvgIpc) is 2.66. The Morgan fingerprint density at radius 1 is 1.17 bits per heavy atom. The third kappa shape index (κ3) is 5.02. The van der Waals surface area contributed by atoms with E-state index in [1.807, 2.05) is 30.3 Å². The summed E-state index contributed by atoms with van der Waals surface area (Å²) in [6.07, 6.45) is -3.37. The van der Waals surface area contributed by atoms with E-state index in [-0.39, 0.29) is 37.4 Å². The molecule has 0 aliphatic carbocycles. The van der Waals surface area contributed by atoms with Crippen LogP contribution in [-0.2, 0) is 24.3 Å². The van der Waals surface area contributed by atoms with Crippen molar-refractivity contribution >= 4 is 6.09 Å². The molecule has 0 unspecified atom stereocenters. The maximum absolute atomic E-state index is 14.7. The molecule has 0 saturated carbocycles. The second kappa shape index (κ2) is 8.35. The topological polar surface area (TPSA) is 38.8 Å². The highest BCUT2D eigenvalue weighted by Crippen LogP contribution is 2.37. The number of ether oxygens (including phenoxy) is 2. The van der Waals surface area contributed by atoms with Gasteiger partial charge in [-0.15, -0.1) is 0 Å². The number of nitrogens with zero attached hydrogens (tertiary/aromatic N) is 1. The summed E-state index contributed by atoms with van der Waals surface area (Å²) >= 11 is 0. The van der Waals surface area contributed by atoms with Crippen LogP contribution >= 0.6 is 0 Å². The minimum absolute atomic E-state index is 0.0365. The van der Waals surface area contributed by atoms with E-state index in [0.29, 0.717) is 5.56 Å². The van der Waals surface area contributed by atoms with Crippen LogP contribution in [0.5, 0.6) is 5.75 Å². The number of amides is 1. The molecule has 0 fully saturated rings. The van der Waals surface area contributed by atoms with Crippen molar-refractivity contribution in [2.75, 3.05) is 6.54 Å². The van der Waals surface area contributed by atoms with E-state index in [4.69, 9.17) is 9.47 Å². The Morgan fingerprint density at radius 3 is 2.48 bits per heavy atom. The zero-order valence-electron chi connectivity index (χ0n) is 16.7. The summed E-state index contributed by atoms with van der Waals surface area (Å²) in [7, 11) is 0. The lowest BCUT2D eigenvalue weighted by Crippen LogP contribution is -2.40. The fraction of sp³-hybridized carbons (Fsp3) is 0.409. The van der Waals surface area contributed by atoms with Crippen LogP contribution < -0.4 is 4.74 Å². The third-order valence-corrected chi connectivity index (χ3v) is 4.57. The van der Waals surface area contributed by atoms with E-state index < -0.39 is 29.5 Å². The predicted octanol–water partition coefficient (Wildman–Crippen LogP) is 5.64. The standard InChI is InChI=1S/C22H24F3NO3/c1-22(2,3)29-21(27)26-10-9-15-17(12-26)18(11-16(19(15)23)20(24)25)28-13-14-7-5-4-6-8-14/h4-8,11,20H,9-10,12-13H2,1-3H3. The molecule has 0 spiro atoms. The number of benzene rings is 2. The molecule has 7 heteroatoms. The van der Waals surface area contributed by atoms with Crippen LogP contribution in [0.1, 0.15) is 49.5 Å². The van der Waals surface area contributed by atoms with Gasteiger partial charge in [-0.1, -0.05) is 30.3 Å². The molecule has 2 aromatic rings. The van der Waals surface area contributed by atoms with Crippen LogP contribution in [-0.4, -0.2) is 23.1 Å². The Bertz CT molecular complexity index is 879. The second-order valence-corrected chi connectivity index (χ2v) is 7.96. The minimum atomic E-state index is -2.96. The van der Waals surface area contributed by atoms with Gasteiger partial charge < -0.3 is 14.4 Å². The zero-order valence-corrected chi connectivity index (χ0v) is 16.7. The fourth-order valence-corrected chi connectivity index (χ4v) is 3.20. The van der Waals surface area contributed by atoms with Gasteiger partial charge in [0.1, 0.15) is 23.8 Å². The van der Waals surface area contributed by atoms with Gasteiger partial charge in [0, 0.05) is 12.1 Å². The van der Waals surface area contributed by atoms with Gasteiger partial charge in [-0.2, -0.15) is 0 Å². The molecule has 4 nitrogen and oxygen atoms in total. The summed E-state index contributed by atoms with van der Waals surface area (Å²) in [6, 6.07) is 10.3. The first-order valence-corrected chi connectivity index (χ1v) is 9.42. The van der Waals surface area contributed by atoms with E-state index in [1.54, 1.807) is 20.8 Å². The molecule has 0 aromatic heterocycles. The average molecular weight is 407 g/mol. The Morgan fingerprint density at radius 2 is 1.86 bits per heavy atom. The maximum Gasteiger partial charge on any atom is 0.410 e. The number of carbonyl (C=O) groups is 1. The van der Waals surface area contributed by atoms with Crippen LogP contribution in [0, 0.1) is 5.82 Å². The van der Waals surface area contributed by atoms with Crippen LogP contribution in [0.3, 0.4) is 0 Å². The summed E-state index contributed by atoms with van der Waals surface area (Å²) in [6.45, 7) is 5.63. The van der Waals surface area contributed by atoms with Gasteiger partial charge in [0.25, 0.3) is 6.43 Å². The quantitative estimate of drug-likeness (QED) is 0.659. The first-order valence-electron chi connectivity index (χ1n) is 9.42. The number of carbonyl (C=O) groups excluding carboxylic acids is 1. The number of hydrogen-bond donors (Lipinski definition) is 0. The zero-order chi connectivity index (χ0) is 21.2. The van der Waals surface area contributed by atoms with Gasteiger partial charge in [-0.25, -0.2) is 18.0 Å². The van der Waals surface area contributed by atoms with Gasteiger partial charge in [0.15, 0.2) is 0 Å². The normalized spacial score (nSPS) is 14.0. The molecule has 2 aromatic carbocycles. The smallest absolute Gasteiger partial charge is 0.410 e. The van der Waals surface area contributed by atoms with Crippen molar-refractivity contribution in [2.45, 2.75) is 52.4 Å². The number of hydrogen-bond acceptors (Lipinski definition) is 3. The summed E-state index contributed by atoms with van der Waals surface area (Å²) in [5, 5.41) is 0. The lowest BCUT2D eigenvalue weighted by molar-refractivity contribution is 0.0220. The molecule has 1 aliphatic rings. The second-order valence-electron chi connectivity index (χ2n) is 7.96. The van der Waals surface area contributed by atoms with Gasteiger partial charge >= 0.3 is 6.09 Å². The van der Waals surface area contributed by atoms with Crippen molar-refractivity contribution in [2.24, 2.45) is 0 Å². The molecule has 156 valence electrons. The largest absolute Gasteiger partial charge is 0.489 e. The number of rotatable bonds is 4. The highest BCUT2D eigenvalue weighted by molar-refractivity contribution is 5.69. The molecule has 3 rings (SSSR count). The van der Waals surface area contributed by atoms with Crippen LogP contribution in [0.4, 0.5) is 18.0 Å². The Kier molecular flexibility index (Phi) is 6.05. The van der Waals surface area contributed by atoms with E-state index >= 15 is 0 Å². The first kappa shape index (κ1) is 21.0. The Balaban J connectivity index is 1.91. The van der Waals surface area contributed by atoms with E-state index in [9.17, 15) is 18.0 Å². The minimum Gasteiger partial charge on any atom is -0.489 e. The van der Waals surface area contributed by atoms with Crippen molar-refractivity contribution in [3.8, 4) is 5.75 Å². The van der Waals surface area contributed by atoms with Gasteiger partial charge in [-0.05, 0) is 44.4 Å². The highest BCUT2D eigenvalue weighted by atomic mass is 19.3. The monoisotopic (exact) mass is 407 g/mol. The van der Waals surface area contributed by atoms with Crippen molar-refractivity contribution in [3.05, 3.63) is 64.5 Å². The van der Waals surface area contributed by atoms with Crippen molar-refractivity contribution in [1.82, 2.24) is 4.90 Å². The van der Waals surface area contributed by atoms with Crippen molar-refractivity contribution < 1.29 is 27.4 Å². The van der Waals surface area contributed by atoms with E-state index in [1.165, 1.54) is 4.90 Å².